The molecule has 0 bridgehead atoms. The number of benzene rings is 2. The van der Waals surface area contributed by atoms with E-state index in [0.29, 0.717) is 11.4 Å². The summed E-state index contributed by atoms with van der Waals surface area (Å²) in [6.45, 7) is 1.65. The van der Waals surface area contributed by atoms with Gasteiger partial charge in [-0.1, -0.05) is 17.7 Å². The minimum Gasteiger partial charge on any atom is -0.324 e. The van der Waals surface area contributed by atoms with Crippen molar-refractivity contribution in [2.45, 2.75) is 11.8 Å². The molecule has 2 aromatic rings. The van der Waals surface area contributed by atoms with Gasteiger partial charge in [0, 0.05) is 5.69 Å². The van der Waals surface area contributed by atoms with Gasteiger partial charge in [0.1, 0.15) is 23.6 Å². The number of nitrogens with zero attached hydrogens (tertiary/aromatic N) is 2. The first kappa shape index (κ1) is 17.4. The molecular formula is C16H13ClFN3O3S. The summed E-state index contributed by atoms with van der Waals surface area (Å²) in [6, 6.07) is 8.61. The zero-order chi connectivity index (χ0) is 18.2. The first-order valence-electron chi connectivity index (χ1n) is 7.19. The summed E-state index contributed by atoms with van der Waals surface area (Å²) in [5, 5.41) is 2.47. The molecule has 3 rings (SSSR count). The highest BCUT2D eigenvalue weighted by Gasteiger charge is 2.26. The maximum absolute atomic E-state index is 13.2. The standard InChI is InChI=1S/C16H13ClFN3O3S/c1-10-2-5-15-14(6-10)21(9-19-25(15,23)24)8-16(22)20-11-3-4-13(18)12(17)7-11/h2-7,9H,8H2,1H3,(H,20,22). The van der Waals surface area contributed by atoms with Crippen LogP contribution in [0.5, 0.6) is 0 Å². The van der Waals surface area contributed by atoms with Gasteiger partial charge in [-0.25, -0.2) is 4.39 Å². The number of carbonyl (C=O) groups is 1. The maximum atomic E-state index is 13.2. The number of fused-ring (bicyclic) bond motifs is 1. The summed E-state index contributed by atoms with van der Waals surface area (Å²) in [7, 11) is -3.76. The lowest BCUT2D eigenvalue weighted by molar-refractivity contribution is -0.114. The summed E-state index contributed by atoms with van der Waals surface area (Å²) in [5.41, 5.74) is 1.56. The number of rotatable bonds is 3. The molecule has 1 heterocycles. The minimum atomic E-state index is -3.76. The van der Waals surface area contributed by atoms with Gasteiger partial charge >= 0.3 is 0 Å². The van der Waals surface area contributed by atoms with Gasteiger partial charge in [-0.15, -0.1) is 4.40 Å². The van der Waals surface area contributed by atoms with Gasteiger partial charge < -0.3 is 10.2 Å². The van der Waals surface area contributed by atoms with Crippen molar-refractivity contribution >= 4 is 45.2 Å². The van der Waals surface area contributed by atoms with Crippen molar-refractivity contribution in [3.05, 3.63) is 52.8 Å². The molecule has 2 aromatic carbocycles. The normalized spacial score (nSPS) is 14.9. The fourth-order valence-electron chi connectivity index (χ4n) is 2.36. The van der Waals surface area contributed by atoms with Crippen molar-refractivity contribution in [1.82, 2.24) is 0 Å². The monoisotopic (exact) mass is 381 g/mol. The highest BCUT2D eigenvalue weighted by Crippen LogP contribution is 2.30. The van der Waals surface area contributed by atoms with Crippen LogP contribution in [0, 0.1) is 12.7 Å². The van der Waals surface area contributed by atoms with E-state index in [1.165, 1.54) is 23.1 Å². The van der Waals surface area contributed by atoms with E-state index in [4.69, 9.17) is 11.6 Å². The zero-order valence-corrected chi connectivity index (χ0v) is 14.6. The number of anilines is 2. The highest BCUT2D eigenvalue weighted by atomic mass is 35.5. The molecule has 0 saturated carbocycles. The second-order valence-corrected chi connectivity index (χ2v) is 7.48. The lowest BCUT2D eigenvalue weighted by Crippen LogP contribution is -2.35. The van der Waals surface area contributed by atoms with Crippen LogP contribution in [0.3, 0.4) is 0 Å². The topological polar surface area (TPSA) is 78.8 Å². The molecular weight excluding hydrogens is 369 g/mol. The summed E-state index contributed by atoms with van der Waals surface area (Å²) in [5.74, 6) is -1.02. The Kier molecular flexibility index (Phi) is 4.49. The van der Waals surface area contributed by atoms with E-state index in [9.17, 15) is 17.6 Å². The molecule has 1 aliphatic heterocycles. The molecule has 1 aliphatic rings. The third kappa shape index (κ3) is 3.64. The van der Waals surface area contributed by atoms with Crippen molar-refractivity contribution in [3.8, 4) is 0 Å². The van der Waals surface area contributed by atoms with Gasteiger partial charge in [0.25, 0.3) is 10.0 Å². The van der Waals surface area contributed by atoms with E-state index in [1.807, 2.05) is 6.92 Å². The predicted molar refractivity (Wildman–Crippen MR) is 94.2 cm³/mol. The molecule has 0 spiro atoms. The van der Waals surface area contributed by atoms with E-state index < -0.39 is 21.7 Å². The zero-order valence-electron chi connectivity index (χ0n) is 13.0. The predicted octanol–water partition coefficient (Wildman–Crippen LogP) is 2.96. The smallest absolute Gasteiger partial charge is 0.285 e. The van der Waals surface area contributed by atoms with Gasteiger partial charge in [-0.3, -0.25) is 4.79 Å². The molecule has 1 N–H and O–H groups in total. The lowest BCUT2D eigenvalue weighted by atomic mass is 10.2. The van der Waals surface area contributed by atoms with Crippen LogP contribution in [0.2, 0.25) is 5.02 Å². The fourth-order valence-corrected chi connectivity index (χ4v) is 3.58. The van der Waals surface area contributed by atoms with Gasteiger partial charge in [0.05, 0.1) is 10.7 Å². The Morgan fingerprint density at radius 1 is 1.28 bits per heavy atom. The van der Waals surface area contributed by atoms with Crippen LogP contribution in [0.4, 0.5) is 15.8 Å². The number of hydrogen-bond donors (Lipinski definition) is 1. The Hall–Kier alpha value is -2.45. The number of aryl methyl sites for hydroxylation is 1. The molecule has 0 fully saturated rings. The largest absolute Gasteiger partial charge is 0.324 e. The Balaban J connectivity index is 1.82. The van der Waals surface area contributed by atoms with E-state index >= 15 is 0 Å². The molecule has 0 aliphatic carbocycles. The second kappa shape index (κ2) is 6.45. The van der Waals surface area contributed by atoms with Crippen LogP contribution >= 0.6 is 11.6 Å². The summed E-state index contributed by atoms with van der Waals surface area (Å²) in [6.07, 6.45) is 1.11. The van der Waals surface area contributed by atoms with E-state index in [0.717, 1.165) is 18.0 Å². The fraction of sp³-hybridized carbons (Fsp3) is 0.125. The number of halogens is 2. The molecule has 0 atom stereocenters. The van der Waals surface area contributed by atoms with Crippen molar-refractivity contribution < 1.29 is 17.6 Å². The average Bonchev–Trinajstić information content (AvgIpc) is 2.53. The Morgan fingerprint density at radius 2 is 2.04 bits per heavy atom. The Morgan fingerprint density at radius 3 is 2.76 bits per heavy atom. The number of nitrogens with one attached hydrogen (secondary N) is 1. The number of hydrogen-bond acceptors (Lipinski definition) is 4. The van der Waals surface area contributed by atoms with E-state index in [1.54, 1.807) is 12.1 Å². The minimum absolute atomic E-state index is 0.0400. The molecule has 0 aromatic heterocycles. The number of carbonyl (C=O) groups excluding carboxylic acids is 1. The average molecular weight is 382 g/mol. The maximum Gasteiger partial charge on any atom is 0.285 e. The first-order chi connectivity index (χ1) is 11.8. The molecule has 0 unspecified atom stereocenters. The van der Waals surface area contributed by atoms with Crippen LogP contribution in [0.25, 0.3) is 0 Å². The van der Waals surface area contributed by atoms with Gasteiger partial charge in [-0.05, 0) is 42.8 Å². The van der Waals surface area contributed by atoms with Crippen molar-refractivity contribution in [2.24, 2.45) is 4.40 Å². The van der Waals surface area contributed by atoms with Crippen molar-refractivity contribution in [2.75, 3.05) is 16.8 Å². The van der Waals surface area contributed by atoms with Crippen LogP contribution in [-0.2, 0) is 14.8 Å². The van der Waals surface area contributed by atoms with Crippen LogP contribution in [0.15, 0.2) is 45.7 Å². The first-order valence-corrected chi connectivity index (χ1v) is 9.01. The molecule has 0 saturated heterocycles. The molecule has 0 radical (unpaired) electrons. The van der Waals surface area contributed by atoms with Crippen LogP contribution in [0.1, 0.15) is 5.56 Å². The van der Waals surface area contributed by atoms with Crippen LogP contribution in [-0.4, -0.2) is 27.2 Å². The molecule has 1 amide bonds. The lowest BCUT2D eigenvalue weighted by Gasteiger charge is -2.25. The van der Waals surface area contributed by atoms with Crippen LogP contribution < -0.4 is 10.2 Å². The quantitative estimate of drug-likeness (QED) is 0.886. The summed E-state index contributed by atoms with van der Waals surface area (Å²) >= 11 is 5.68. The second-order valence-electron chi connectivity index (χ2n) is 5.47. The third-order valence-electron chi connectivity index (χ3n) is 3.54. The van der Waals surface area contributed by atoms with E-state index in [-0.39, 0.29) is 16.5 Å². The third-order valence-corrected chi connectivity index (χ3v) is 5.11. The highest BCUT2D eigenvalue weighted by molar-refractivity contribution is 7.90. The van der Waals surface area contributed by atoms with Gasteiger partial charge in [-0.2, -0.15) is 8.42 Å². The van der Waals surface area contributed by atoms with E-state index in [2.05, 4.69) is 9.71 Å². The van der Waals surface area contributed by atoms with Gasteiger partial charge in [0.15, 0.2) is 0 Å². The van der Waals surface area contributed by atoms with Crippen molar-refractivity contribution in [1.29, 1.82) is 0 Å². The Bertz CT molecular complexity index is 992. The molecule has 9 heteroatoms. The molecule has 6 nitrogen and oxygen atoms in total. The SMILES string of the molecule is Cc1ccc2c(c1)N(CC(=O)Nc1ccc(F)c(Cl)c1)C=NS2(=O)=O. The Labute approximate surface area is 149 Å². The van der Waals surface area contributed by atoms with Gasteiger partial charge in [0.2, 0.25) is 5.91 Å². The molecule has 130 valence electrons. The number of amides is 1. The summed E-state index contributed by atoms with van der Waals surface area (Å²) in [4.78, 5) is 13.7. The number of sulfonamides is 1. The van der Waals surface area contributed by atoms with Crippen molar-refractivity contribution in [3.63, 3.8) is 0 Å². The summed E-state index contributed by atoms with van der Waals surface area (Å²) < 4.78 is 40.7. The molecule has 25 heavy (non-hydrogen) atoms.